The van der Waals surface area contributed by atoms with Gasteiger partial charge in [-0.15, -0.1) is 0 Å². The van der Waals surface area contributed by atoms with Crippen LogP contribution in [0.2, 0.25) is 0 Å². The smallest absolute Gasteiger partial charge is 0.414 e. The van der Waals surface area contributed by atoms with Crippen LogP contribution in [0.1, 0.15) is 31.4 Å². The third-order valence-electron chi connectivity index (χ3n) is 6.29. The molecule has 2 heterocycles. The van der Waals surface area contributed by atoms with Crippen LogP contribution in [-0.2, 0) is 11.3 Å². The standard InChI is InChI=1S/C26H29N3O7/c1-16(2)36-26(33)27-11-9-18(10-12-27)29-21-7-6-19(30)14-20(21)24(31)28(25(29)32)15-17-5-8-22(34-3)23(13-17)35-4/h5-8,13-14,18,30H,1,9-12,15H2,2-4H3. The number of aromatic hydroxyl groups is 1. The average Bonchev–Trinajstić information content (AvgIpc) is 2.86. The number of amides is 1. The minimum atomic E-state index is -0.501. The minimum absolute atomic E-state index is 0.00734. The zero-order valence-corrected chi connectivity index (χ0v) is 20.5. The van der Waals surface area contributed by atoms with Crippen molar-refractivity contribution in [3.63, 3.8) is 0 Å². The zero-order chi connectivity index (χ0) is 26.0. The number of phenolic OH excluding ortho intramolecular Hbond substituents is 1. The van der Waals surface area contributed by atoms with Crippen LogP contribution in [0.15, 0.2) is 58.3 Å². The van der Waals surface area contributed by atoms with Gasteiger partial charge in [0.1, 0.15) is 5.75 Å². The molecule has 1 aromatic heterocycles. The molecule has 1 aliphatic rings. The Kier molecular flexibility index (Phi) is 7.05. The first-order valence-corrected chi connectivity index (χ1v) is 11.5. The summed E-state index contributed by atoms with van der Waals surface area (Å²) < 4.78 is 18.5. The number of carbonyl (C=O) groups is 1. The molecule has 0 radical (unpaired) electrons. The van der Waals surface area contributed by atoms with Crippen molar-refractivity contribution in [2.45, 2.75) is 32.4 Å². The molecule has 190 valence electrons. The number of methoxy groups -OCH3 is 2. The van der Waals surface area contributed by atoms with Crippen LogP contribution in [0, 0.1) is 0 Å². The second kappa shape index (κ2) is 10.2. The third-order valence-corrected chi connectivity index (χ3v) is 6.29. The van der Waals surface area contributed by atoms with Crippen LogP contribution in [0.25, 0.3) is 10.9 Å². The molecule has 36 heavy (non-hydrogen) atoms. The largest absolute Gasteiger partial charge is 0.508 e. The van der Waals surface area contributed by atoms with Crippen LogP contribution in [-0.4, -0.2) is 52.5 Å². The van der Waals surface area contributed by atoms with Gasteiger partial charge < -0.3 is 24.2 Å². The van der Waals surface area contributed by atoms with Crippen LogP contribution >= 0.6 is 0 Å². The Hall–Kier alpha value is -4.21. The quantitative estimate of drug-likeness (QED) is 0.523. The Bertz CT molecular complexity index is 1430. The summed E-state index contributed by atoms with van der Waals surface area (Å²) >= 11 is 0. The lowest BCUT2D eigenvalue weighted by Gasteiger charge is -2.33. The molecule has 3 aromatic rings. The molecule has 0 unspecified atom stereocenters. The SMILES string of the molecule is C=C(C)OC(=O)N1CCC(n2c(=O)n(Cc3ccc(OC)c(OC)c3)c(=O)c3cc(O)ccc32)CC1. The van der Waals surface area contributed by atoms with E-state index in [1.807, 2.05) is 0 Å². The highest BCUT2D eigenvalue weighted by Crippen LogP contribution is 2.29. The number of ether oxygens (including phenoxy) is 3. The van der Waals surface area contributed by atoms with Gasteiger partial charge in [0.25, 0.3) is 5.56 Å². The monoisotopic (exact) mass is 495 g/mol. The van der Waals surface area contributed by atoms with E-state index in [2.05, 4.69) is 6.58 Å². The number of likely N-dealkylation sites (tertiary alicyclic amines) is 1. The van der Waals surface area contributed by atoms with E-state index in [-0.39, 0.29) is 23.7 Å². The number of carbonyl (C=O) groups excluding carboxylic acids is 1. The normalized spacial score (nSPS) is 14.0. The lowest BCUT2D eigenvalue weighted by Crippen LogP contribution is -2.45. The Balaban J connectivity index is 1.75. The molecule has 10 nitrogen and oxygen atoms in total. The predicted octanol–water partition coefficient (Wildman–Crippen LogP) is 3.24. The van der Waals surface area contributed by atoms with Crippen molar-refractivity contribution < 1.29 is 24.1 Å². The first kappa shape index (κ1) is 24.9. The Morgan fingerprint density at radius 1 is 1.06 bits per heavy atom. The fourth-order valence-corrected chi connectivity index (χ4v) is 4.54. The van der Waals surface area contributed by atoms with E-state index in [0.29, 0.717) is 54.3 Å². The van der Waals surface area contributed by atoms with Crippen LogP contribution in [0.3, 0.4) is 0 Å². The van der Waals surface area contributed by atoms with Crippen molar-refractivity contribution in [2.24, 2.45) is 0 Å². The molecule has 1 saturated heterocycles. The van der Waals surface area contributed by atoms with Gasteiger partial charge in [0, 0.05) is 19.1 Å². The fourth-order valence-electron chi connectivity index (χ4n) is 4.54. The van der Waals surface area contributed by atoms with Crippen molar-refractivity contribution >= 4 is 17.0 Å². The highest BCUT2D eigenvalue weighted by atomic mass is 16.6. The molecular formula is C26H29N3O7. The van der Waals surface area contributed by atoms with Crippen molar-refractivity contribution in [3.05, 3.63) is 75.1 Å². The first-order chi connectivity index (χ1) is 17.2. The average molecular weight is 496 g/mol. The summed E-state index contributed by atoms with van der Waals surface area (Å²) in [7, 11) is 3.04. The van der Waals surface area contributed by atoms with E-state index in [9.17, 15) is 19.5 Å². The second-order valence-electron chi connectivity index (χ2n) is 8.72. The Morgan fingerprint density at radius 3 is 2.39 bits per heavy atom. The number of aromatic nitrogens is 2. The number of hydrogen-bond donors (Lipinski definition) is 1. The molecule has 10 heteroatoms. The van der Waals surface area contributed by atoms with E-state index < -0.39 is 17.3 Å². The third kappa shape index (κ3) is 4.79. The highest BCUT2D eigenvalue weighted by Gasteiger charge is 2.28. The van der Waals surface area contributed by atoms with Gasteiger partial charge in [-0.25, -0.2) is 9.59 Å². The van der Waals surface area contributed by atoms with Gasteiger partial charge in [0.05, 0.1) is 37.4 Å². The molecule has 0 atom stereocenters. The van der Waals surface area contributed by atoms with E-state index in [0.717, 1.165) is 4.57 Å². The molecule has 1 N–H and O–H groups in total. The molecule has 2 aromatic carbocycles. The van der Waals surface area contributed by atoms with E-state index in [1.165, 1.54) is 26.4 Å². The number of allylic oxidation sites excluding steroid dienone is 1. The summed E-state index contributed by atoms with van der Waals surface area (Å²) in [5, 5.41) is 10.3. The van der Waals surface area contributed by atoms with Gasteiger partial charge in [-0.3, -0.25) is 13.9 Å². The first-order valence-electron chi connectivity index (χ1n) is 11.5. The van der Waals surface area contributed by atoms with Gasteiger partial charge in [-0.05, 0) is 55.7 Å². The predicted molar refractivity (Wildman–Crippen MR) is 134 cm³/mol. The van der Waals surface area contributed by atoms with Gasteiger partial charge in [0.2, 0.25) is 0 Å². The fraction of sp³-hybridized carbons (Fsp3) is 0.346. The number of fused-ring (bicyclic) bond motifs is 1. The van der Waals surface area contributed by atoms with Gasteiger partial charge >= 0.3 is 11.8 Å². The molecule has 0 saturated carbocycles. The van der Waals surface area contributed by atoms with Gasteiger partial charge in [0.15, 0.2) is 11.5 Å². The van der Waals surface area contributed by atoms with E-state index >= 15 is 0 Å². The summed E-state index contributed by atoms with van der Waals surface area (Å²) in [5.41, 5.74) is 0.153. The molecule has 1 amide bonds. The van der Waals surface area contributed by atoms with Crippen molar-refractivity contribution in [1.82, 2.24) is 14.0 Å². The molecule has 0 spiro atoms. The summed E-state index contributed by atoms with van der Waals surface area (Å²) in [6.07, 6.45) is 0.521. The van der Waals surface area contributed by atoms with Crippen LogP contribution < -0.4 is 20.7 Å². The number of phenols is 1. The second-order valence-corrected chi connectivity index (χ2v) is 8.72. The van der Waals surface area contributed by atoms with Crippen molar-refractivity contribution in [3.8, 4) is 17.2 Å². The number of piperidine rings is 1. The minimum Gasteiger partial charge on any atom is -0.508 e. The molecule has 0 bridgehead atoms. The maximum absolute atomic E-state index is 13.7. The van der Waals surface area contributed by atoms with E-state index in [1.54, 1.807) is 40.7 Å². The Morgan fingerprint density at radius 2 is 1.75 bits per heavy atom. The Labute approximate surface area is 207 Å². The summed E-state index contributed by atoms with van der Waals surface area (Å²) in [6.45, 7) is 5.98. The van der Waals surface area contributed by atoms with E-state index in [4.69, 9.17) is 14.2 Å². The number of rotatable bonds is 6. The molecule has 1 fully saturated rings. The maximum Gasteiger partial charge on any atom is 0.414 e. The molecule has 4 rings (SSSR count). The van der Waals surface area contributed by atoms with Gasteiger partial charge in [-0.1, -0.05) is 12.6 Å². The highest BCUT2D eigenvalue weighted by molar-refractivity contribution is 5.79. The summed E-state index contributed by atoms with van der Waals surface area (Å²) in [4.78, 5) is 40.9. The van der Waals surface area contributed by atoms with Crippen molar-refractivity contribution in [1.29, 1.82) is 0 Å². The lowest BCUT2D eigenvalue weighted by molar-refractivity contribution is 0.111. The van der Waals surface area contributed by atoms with Crippen molar-refractivity contribution in [2.75, 3.05) is 27.3 Å². The van der Waals surface area contributed by atoms with Crippen LogP contribution in [0.5, 0.6) is 17.2 Å². The zero-order valence-electron chi connectivity index (χ0n) is 20.5. The molecule has 0 aliphatic carbocycles. The maximum atomic E-state index is 13.7. The number of hydrogen-bond acceptors (Lipinski definition) is 7. The number of benzene rings is 2. The molecule has 1 aliphatic heterocycles. The molecular weight excluding hydrogens is 466 g/mol. The topological polar surface area (TPSA) is 112 Å². The van der Waals surface area contributed by atoms with Gasteiger partial charge in [-0.2, -0.15) is 0 Å². The summed E-state index contributed by atoms with van der Waals surface area (Å²) in [5.74, 6) is 1.26. The lowest BCUT2D eigenvalue weighted by atomic mass is 10.0. The summed E-state index contributed by atoms with van der Waals surface area (Å²) in [6, 6.07) is 9.34. The van der Waals surface area contributed by atoms with Crippen LogP contribution in [0.4, 0.5) is 4.79 Å². The number of nitrogens with zero attached hydrogens (tertiary/aromatic N) is 3.